The zero-order valence-electron chi connectivity index (χ0n) is 13.3. The molecule has 0 aliphatic rings. The van der Waals surface area contributed by atoms with Gasteiger partial charge in [-0.15, -0.1) is 0 Å². The highest BCUT2D eigenvalue weighted by atomic mass is 16.4. The Morgan fingerprint density at radius 1 is 1.05 bits per heavy atom. The summed E-state index contributed by atoms with van der Waals surface area (Å²) in [7, 11) is 0. The van der Waals surface area contributed by atoms with Crippen molar-refractivity contribution in [3.63, 3.8) is 0 Å². The van der Waals surface area contributed by atoms with Gasteiger partial charge in [-0.05, 0) is 6.42 Å². The second kappa shape index (κ2) is 16.7. The molecule has 0 saturated heterocycles. The maximum Gasteiger partial charge on any atom is 0.327 e. The molecule has 0 aliphatic heterocycles. The number of rotatable bonds is 8. The monoisotopic (exact) mass is 306 g/mol. The number of aliphatic carboxylic acids is 2. The van der Waals surface area contributed by atoms with E-state index in [1.54, 1.807) is 13.8 Å². The smallest absolute Gasteiger partial charge is 0.327 e. The normalized spacial score (nSPS) is 9.57. The largest absolute Gasteiger partial charge is 0.481 e. The summed E-state index contributed by atoms with van der Waals surface area (Å²) < 4.78 is 0. The second-order valence-corrected chi connectivity index (χ2v) is 5.23. The van der Waals surface area contributed by atoms with Crippen LogP contribution < -0.4 is 0 Å². The van der Waals surface area contributed by atoms with E-state index >= 15 is 0 Å². The van der Waals surface area contributed by atoms with Crippen molar-refractivity contribution in [3.8, 4) is 0 Å². The van der Waals surface area contributed by atoms with Crippen molar-refractivity contribution in [2.24, 2.45) is 5.41 Å². The van der Waals surface area contributed by atoms with Gasteiger partial charge in [0.25, 0.3) is 0 Å². The Balaban J connectivity index is -0.000000242. The maximum atomic E-state index is 9.96. The van der Waals surface area contributed by atoms with Gasteiger partial charge in [-0.3, -0.25) is 4.79 Å². The summed E-state index contributed by atoms with van der Waals surface area (Å²) in [6.45, 7) is 8.76. The molecule has 126 valence electrons. The third-order valence-electron chi connectivity index (χ3n) is 2.27. The van der Waals surface area contributed by atoms with Gasteiger partial charge in [-0.2, -0.15) is 0 Å². The molecular formula is C15H30O6. The van der Waals surface area contributed by atoms with E-state index in [0.717, 1.165) is 25.3 Å². The van der Waals surface area contributed by atoms with Crippen LogP contribution in [0.1, 0.15) is 52.9 Å². The Kier molecular flexibility index (Phi) is 19.5. The zero-order chi connectivity index (χ0) is 17.3. The average molecular weight is 306 g/mol. The number of hydrogen-bond donors (Lipinski definition) is 4. The minimum Gasteiger partial charge on any atom is -0.481 e. The predicted molar refractivity (Wildman–Crippen MR) is 82.2 cm³/mol. The van der Waals surface area contributed by atoms with Gasteiger partial charge in [0.05, 0.1) is 13.2 Å². The average Bonchev–Trinajstić information content (AvgIpc) is 2.44. The molecule has 0 heterocycles. The van der Waals surface area contributed by atoms with Gasteiger partial charge in [0.15, 0.2) is 0 Å². The minimum atomic E-state index is -0.981. The number of unbranched alkanes of at least 4 members (excludes halogenated alkanes) is 3. The first kappa shape index (κ1) is 24.6. The first-order valence-electron chi connectivity index (χ1n) is 6.95. The fraction of sp³-hybridized carbons (Fsp3) is 0.733. The third kappa shape index (κ3) is 32.3. The van der Waals surface area contributed by atoms with E-state index in [-0.39, 0.29) is 18.6 Å². The van der Waals surface area contributed by atoms with Gasteiger partial charge >= 0.3 is 11.9 Å². The van der Waals surface area contributed by atoms with E-state index in [2.05, 4.69) is 13.5 Å². The lowest BCUT2D eigenvalue weighted by molar-refractivity contribution is -0.137. The molecule has 0 amide bonds. The number of carboxylic acids is 2. The third-order valence-corrected chi connectivity index (χ3v) is 2.27. The summed E-state index contributed by atoms with van der Waals surface area (Å²) in [5.74, 6) is -1.66. The molecule has 0 aromatic rings. The van der Waals surface area contributed by atoms with Crippen LogP contribution in [0.5, 0.6) is 0 Å². The number of carbonyl (C=O) groups is 2. The highest BCUT2D eigenvalue weighted by molar-refractivity contribution is 5.78. The van der Waals surface area contributed by atoms with E-state index in [1.165, 1.54) is 6.42 Å². The SMILES string of the molecule is C=CC(=O)O.CC(C)(CO)CO.CCCCCCC(=O)O. The fourth-order valence-corrected chi connectivity index (χ4v) is 0.753. The minimum absolute atomic E-state index is 0.0451. The van der Waals surface area contributed by atoms with Gasteiger partial charge < -0.3 is 20.4 Å². The van der Waals surface area contributed by atoms with Crippen molar-refractivity contribution in [1.82, 2.24) is 0 Å². The van der Waals surface area contributed by atoms with Gasteiger partial charge in [0, 0.05) is 17.9 Å². The molecule has 0 fully saturated rings. The van der Waals surface area contributed by atoms with Crippen molar-refractivity contribution in [2.45, 2.75) is 52.9 Å². The Bertz CT molecular complexity index is 267. The standard InChI is InChI=1S/C7H14O2.C5H12O2.C3H4O2/c1-2-3-4-5-6-7(8)9;1-5(2,3-6)4-7;1-2-3(4)5/h2-6H2,1H3,(H,8,9);6-7H,3-4H2,1-2H3;2H,1H2,(H,4,5). The van der Waals surface area contributed by atoms with Crippen molar-refractivity contribution in [2.75, 3.05) is 13.2 Å². The van der Waals surface area contributed by atoms with Gasteiger partial charge in [0.2, 0.25) is 0 Å². The first-order chi connectivity index (χ1) is 9.66. The van der Waals surface area contributed by atoms with Crippen LogP contribution >= 0.6 is 0 Å². The fourth-order valence-electron chi connectivity index (χ4n) is 0.753. The molecule has 0 rings (SSSR count). The Morgan fingerprint density at radius 3 is 1.67 bits per heavy atom. The van der Waals surface area contributed by atoms with Crippen LogP contribution in [0, 0.1) is 5.41 Å². The van der Waals surface area contributed by atoms with Gasteiger partial charge in [-0.1, -0.05) is 46.6 Å². The molecule has 0 radical (unpaired) electrons. The van der Waals surface area contributed by atoms with E-state index in [4.69, 9.17) is 20.4 Å². The van der Waals surface area contributed by atoms with Crippen LogP contribution in [0.25, 0.3) is 0 Å². The van der Waals surface area contributed by atoms with Crippen LogP contribution in [-0.2, 0) is 9.59 Å². The van der Waals surface area contributed by atoms with Gasteiger partial charge in [-0.25, -0.2) is 4.79 Å². The van der Waals surface area contributed by atoms with Crippen LogP contribution in [-0.4, -0.2) is 45.6 Å². The van der Waals surface area contributed by atoms with Crippen molar-refractivity contribution >= 4 is 11.9 Å². The van der Waals surface area contributed by atoms with Crippen LogP contribution in [0.2, 0.25) is 0 Å². The summed E-state index contributed by atoms with van der Waals surface area (Å²) in [6, 6.07) is 0. The highest BCUT2D eigenvalue weighted by Gasteiger charge is 2.13. The summed E-state index contributed by atoms with van der Waals surface area (Å²) in [4.78, 5) is 19.2. The predicted octanol–water partition coefficient (Wildman–Crippen LogP) is 2.30. The van der Waals surface area contributed by atoms with Crippen LogP contribution in [0.15, 0.2) is 12.7 Å². The number of hydrogen-bond acceptors (Lipinski definition) is 4. The van der Waals surface area contributed by atoms with E-state index in [0.29, 0.717) is 6.42 Å². The molecule has 0 aromatic carbocycles. The number of aliphatic hydroxyl groups is 2. The lowest BCUT2D eigenvalue weighted by atomic mass is 9.97. The van der Waals surface area contributed by atoms with E-state index < -0.39 is 11.9 Å². The number of aliphatic hydroxyl groups excluding tert-OH is 2. The van der Waals surface area contributed by atoms with Crippen molar-refractivity contribution in [1.29, 1.82) is 0 Å². The maximum absolute atomic E-state index is 9.96. The lowest BCUT2D eigenvalue weighted by Crippen LogP contribution is -2.20. The Labute approximate surface area is 127 Å². The molecule has 0 unspecified atom stereocenters. The topological polar surface area (TPSA) is 115 Å². The molecule has 4 N–H and O–H groups in total. The molecule has 0 spiro atoms. The van der Waals surface area contributed by atoms with Crippen molar-refractivity contribution in [3.05, 3.63) is 12.7 Å². The number of carboxylic acid groups (broad SMARTS) is 2. The second-order valence-electron chi connectivity index (χ2n) is 5.23. The van der Waals surface area contributed by atoms with E-state index in [9.17, 15) is 9.59 Å². The van der Waals surface area contributed by atoms with Gasteiger partial charge in [0.1, 0.15) is 0 Å². The summed E-state index contributed by atoms with van der Waals surface area (Å²) >= 11 is 0. The zero-order valence-corrected chi connectivity index (χ0v) is 13.3. The molecule has 6 heteroatoms. The Morgan fingerprint density at radius 2 is 1.48 bits per heavy atom. The van der Waals surface area contributed by atoms with Crippen molar-refractivity contribution < 1.29 is 30.0 Å². The Hall–Kier alpha value is -1.40. The van der Waals surface area contributed by atoms with Crippen LogP contribution in [0.4, 0.5) is 0 Å². The first-order valence-corrected chi connectivity index (χ1v) is 6.95. The van der Waals surface area contributed by atoms with E-state index in [1.807, 2.05) is 0 Å². The summed E-state index contributed by atoms with van der Waals surface area (Å²) in [6.07, 6.45) is 5.39. The molecule has 0 saturated carbocycles. The molecule has 21 heavy (non-hydrogen) atoms. The quantitative estimate of drug-likeness (QED) is 0.404. The lowest BCUT2D eigenvalue weighted by Gasteiger charge is -2.16. The molecular weight excluding hydrogens is 276 g/mol. The molecule has 0 aromatic heterocycles. The summed E-state index contributed by atoms with van der Waals surface area (Å²) in [5, 5.41) is 32.7. The highest BCUT2D eigenvalue weighted by Crippen LogP contribution is 2.10. The molecule has 0 atom stereocenters. The molecule has 6 nitrogen and oxygen atoms in total. The molecule has 0 aliphatic carbocycles. The summed E-state index contributed by atoms with van der Waals surface area (Å²) in [5.41, 5.74) is -0.306. The molecule has 0 bridgehead atoms. The van der Waals surface area contributed by atoms with Crippen LogP contribution in [0.3, 0.4) is 0 Å².